The average Bonchev–Trinajstić information content (AvgIpc) is 2.39. The molecule has 4 nitrogen and oxygen atoms in total. The largest absolute Gasteiger partial charge is 0.492 e. The Bertz CT molecular complexity index is 579. The van der Waals surface area contributed by atoms with Gasteiger partial charge in [0.05, 0.1) is 17.9 Å². The second-order valence-corrected chi connectivity index (χ2v) is 8.32. The molecule has 1 atom stereocenters. The Balaban J connectivity index is 1.95. The standard InChI is InChI=1S/C13H17BrClNO3S/c1-20(17,18)16-6-2-3-10(8-16)9-19-13-7-11(14)4-5-12(13)15/h4-5,7,10H,2-3,6,8-9H2,1H3. The molecule has 1 heterocycles. The first-order valence-electron chi connectivity index (χ1n) is 6.39. The van der Waals surface area contributed by atoms with E-state index < -0.39 is 10.0 Å². The summed E-state index contributed by atoms with van der Waals surface area (Å²) < 4.78 is 31.3. The van der Waals surface area contributed by atoms with Gasteiger partial charge in [0, 0.05) is 23.5 Å². The summed E-state index contributed by atoms with van der Waals surface area (Å²) in [4.78, 5) is 0. The Morgan fingerprint density at radius 2 is 2.25 bits per heavy atom. The zero-order valence-electron chi connectivity index (χ0n) is 11.2. The van der Waals surface area contributed by atoms with Gasteiger partial charge in [0.15, 0.2) is 0 Å². The Kier molecular flexibility index (Phi) is 5.34. The van der Waals surface area contributed by atoms with Gasteiger partial charge in [0.25, 0.3) is 0 Å². The molecular formula is C13H17BrClNO3S. The van der Waals surface area contributed by atoms with E-state index in [1.807, 2.05) is 12.1 Å². The number of benzene rings is 1. The van der Waals surface area contributed by atoms with E-state index in [0.29, 0.717) is 30.5 Å². The van der Waals surface area contributed by atoms with Crippen LogP contribution in [0.15, 0.2) is 22.7 Å². The van der Waals surface area contributed by atoms with E-state index in [4.69, 9.17) is 16.3 Å². The van der Waals surface area contributed by atoms with Crippen LogP contribution in [0.5, 0.6) is 5.75 Å². The first-order chi connectivity index (χ1) is 9.36. The van der Waals surface area contributed by atoms with E-state index in [9.17, 15) is 8.42 Å². The fraction of sp³-hybridized carbons (Fsp3) is 0.538. The minimum absolute atomic E-state index is 0.202. The number of piperidine rings is 1. The lowest BCUT2D eigenvalue weighted by Gasteiger charge is -2.30. The van der Waals surface area contributed by atoms with Crippen LogP contribution in [0, 0.1) is 5.92 Å². The molecule has 0 amide bonds. The van der Waals surface area contributed by atoms with Crippen LogP contribution in [-0.2, 0) is 10.0 Å². The predicted octanol–water partition coefficient (Wildman–Crippen LogP) is 3.15. The summed E-state index contributed by atoms with van der Waals surface area (Å²) in [6.07, 6.45) is 3.09. The van der Waals surface area contributed by atoms with Crippen molar-refractivity contribution in [3.05, 3.63) is 27.7 Å². The zero-order valence-corrected chi connectivity index (χ0v) is 14.3. The van der Waals surface area contributed by atoms with Crippen molar-refractivity contribution >= 4 is 37.6 Å². The molecule has 0 spiro atoms. The van der Waals surface area contributed by atoms with E-state index in [-0.39, 0.29) is 5.92 Å². The number of hydrogen-bond donors (Lipinski definition) is 0. The topological polar surface area (TPSA) is 46.6 Å². The van der Waals surface area contributed by atoms with Gasteiger partial charge in [-0.1, -0.05) is 27.5 Å². The lowest BCUT2D eigenvalue weighted by Crippen LogP contribution is -2.40. The maximum absolute atomic E-state index is 11.6. The zero-order chi connectivity index (χ0) is 14.8. The third-order valence-corrected chi connectivity index (χ3v) is 5.39. The Morgan fingerprint density at radius 3 is 2.95 bits per heavy atom. The summed E-state index contributed by atoms with van der Waals surface area (Å²) in [5.41, 5.74) is 0. The molecule has 1 aliphatic heterocycles. The number of sulfonamides is 1. The molecule has 1 unspecified atom stereocenters. The predicted molar refractivity (Wildman–Crippen MR) is 83.8 cm³/mol. The van der Waals surface area contributed by atoms with Crippen LogP contribution in [0.3, 0.4) is 0 Å². The van der Waals surface area contributed by atoms with Gasteiger partial charge in [0.2, 0.25) is 10.0 Å². The molecule has 1 aromatic carbocycles. The highest BCUT2D eigenvalue weighted by Gasteiger charge is 2.26. The molecule has 1 aromatic rings. The van der Waals surface area contributed by atoms with Gasteiger partial charge in [-0.25, -0.2) is 12.7 Å². The van der Waals surface area contributed by atoms with Crippen LogP contribution in [0.25, 0.3) is 0 Å². The maximum atomic E-state index is 11.6. The molecule has 1 saturated heterocycles. The van der Waals surface area contributed by atoms with Crippen molar-refractivity contribution in [1.29, 1.82) is 0 Å². The summed E-state index contributed by atoms with van der Waals surface area (Å²) in [6, 6.07) is 5.44. The maximum Gasteiger partial charge on any atom is 0.211 e. The van der Waals surface area contributed by atoms with E-state index in [2.05, 4.69) is 15.9 Å². The van der Waals surface area contributed by atoms with Crippen LogP contribution >= 0.6 is 27.5 Å². The highest BCUT2D eigenvalue weighted by molar-refractivity contribution is 9.10. The smallest absolute Gasteiger partial charge is 0.211 e. The highest BCUT2D eigenvalue weighted by Crippen LogP contribution is 2.29. The molecule has 112 valence electrons. The molecule has 0 bridgehead atoms. The monoisotopic (exact) mass is 381 g/mol. The van der Waals surface area contributed by atoms with Gasteiger partial charge >= 0.3 is 0 Å². The minimum atomic E-state index is -3.11. The Labute approximate surface area is 133 Å². The molecule has 1 aliphatic rings. The van der Waals surface area contributed by atoms with Gasteiger partial charge in [0.1, 0.15) is 5.75 Å². The normalized spacial score (nSPS) is 20.9. The van der Waals surface area contributed by atoms with Gasteiger partial charge in [-0.05, 0) is 31.0 Å². The molecule has 0 aromatic heterocycles. The van der Waals surface area contributed by atoms with Crippen LogP contribution in [0.2, 0.25) is 5.02 Å². The van der Waals surface area contributed by atoms with Crippen molar-refractivity contribution in [2.45, 2.75) is 12.8 Å². The Morgan fingerprint density at radius 1 is 1.50 bits per heavy atom. The number of hydrogen-bond acceptors (Lipinski definition) is 3. The molecular weight excluding hydrogens is 366 g/mol. The van der Waals surface area contributed by atoms with E-state index in [1.54, 1.807) is 6.07 Å². The molecule has 2 rings (SSSR count). The van der Waals surface area contributed by atoms with E-state index >= 15 is 0 Å². The summed E-state index contributed by atoms with van der Waals surface area (Å²) >= 11 is 9.43. The quantitative estimate of drug-likeness (QED) is 0.803. The second kappa shape index (κ2) is 6.64. The first kappa shape index (κ1) is 16.1. The third-order valence-electron chi connectivity index (χ3n) is 3.32. The number of nitrogens with zero attached hydrogens (tertiary/aromatic N) is 1. The molecule has 0 N–H and O–H groups in total. The molecule has 1 fully saturated rings. The SMILES string of the molecule is CS(=O)(=O)N1CCCC(COc2cc(Br)ccc2Cl)C1. The fourth-order valence-corrected chi connectivity index (χ4v) is 3.71. The summed E-state index contributed by atoms with van der Waals surface area (Å²) in [7, 11) is -3.11. The fourth-order valence-electron chi connectivity index (χ4n) is 2.26. The summed E-state index contributed by atoms with van der Waals surface area (Å²) in [6.45, 7) is 1.60. The van der Waals surface area contributed by atoms with Crippen LogP contribution < -0.4 is 4.74 Å². The van der Waals surface area contributed by atoms with Crippen LogP contribution in [0.4, 0.5) is 0 Å². The number of rotatable bonds is 4. The number of halogens is 2. The molecule has 0 aliphatic carbocycles. The van der Waals surface area contributed by atoms with Gasteiger partial charge in [-0.15, -0.1) is 0 Å². The van der Waals surface area contributed by atoms with Crippen molar-refractivity contribution in [1.82, 2.24) is 4.31 Å². The molecule has 20 heavy (non-hydrogen) atoms. The van der Waals surface area contributed by atoms with Crippen molar-refractivity contribution in [3.8, 4) is 5.75 Å². The van der Waals surface area contributed by atoms with Crippen molar-refractivity contribution in [2.24, 2.45) is 5.92 Å². The first-order valence-corrected chi connectivity index (χ1v) is 9.41. The lowest BCUT2D eigenvalue weighted by molar-refractivity contribution is 0.181. The second-order valence-electron chi connectivity index (χ2n) is 5.02. The lowest BCUT2D eigenvalue weighted by atomic mass is 10.0. The van der Waals surface area contributed by atoms with Crippen molar-refractivity contribution < 1.29 is 13.2 Å². The summed E-state index contributed by atoms with van der Waals surface area (Å²) in [5.74, 6) is 0.825. The molecule has 0 radical (unpaired) electrons. The molecule has 0 saturated carbocycles. The average molecular weight is 383 g/mol. The van der Waals surface area contributed by atoms with Crippen molar-refractivity contribution in [2.75, 3.05) is 26.0 Å². The van der Waals surface area contributed by atoms with Crippen molar-refractivity contribution in [3.63, 3.8) is 0 Å². The van der Waals surface area contributed by atoms with Crippen LogP contribution in [0.1, 0.15) is 12.8 Å². The van der Waals surface area contributed by atoms with E-state index in [1.165, 1.54) is 10.6 Å². The molecule has 7 heteroatoms. The number of ether oxygens (including phenoxy) is 1. The third kappa shape index (κ3) is 4.35. The van der Waals surface area contributed by atoms with E-state index in [0.717, 1.165) is 17.3 Å². The summed E-state index contributed by atoms with van der Waals surface area (Å²) in [5, 5.41) is 0.559. The van der Waals surface area contributed by atoms with Crippen LogP contribution in [-0.4, -0.2) is 38.7 Å². The van der Waals surface area contributed by atoms with Gasteiger partial charge in [-0.2, -0.15) is 0 Å². The van der Waals surface area contributed by atoms with Gasteiger partial charge in [-0.3, -0.25) is 0 Å². The van der Waals surface area contributed by atoms with Gasteiger partial charge < -0.3 is 4.74 Å². The Hall–Kier alpha value is -0.300. The highest BCUT2D eigenvalue weighted by atomic mass is 79.9. The minimum Gasteiger partial charge on any atom is -0.492 e.